The molecule has 4 heteroatoms. The number of imidazole rings is 1. The van der Waals surface area contributed by atoms with Crippen LogP contribution in [0, 0.1) is 23.2 Å². The van der Waals surface area contributed by atoms with Crippen molar-refractivity contribution in [2.45, 2.75) is 86.3 Å². The Morgan fingerprint density at radius 1 is 1.24 bits per heavy atom. The Morgan fingerprint density at radius 3 is 2.55 bits per heavy atom. The van der Waals surface area contributed by atoms with Crippen LogP contribution in [0.3, 0.4) is 0 Å². The molecule has 1 heterocycles. The summed E-state index contributed by atoms with van der Waals surface area (Å²) in [4.78, 5) is 18.5. The van der Waals surface area contributed by atoms with Gasteiger partial charge in [0, 0.05) is 6.42 Å². The van der Waals surface area contributed by atoms with Crippen molar-refractivity contribution in [3.8, 4) is 0 Å². The van der Waals surface area contributed by atoms with Crippen LogP contribution in [0.2, 0.25) is 0 Å². The van der Waals surface area contributed by atoms with Crippen molar-refractivity contribution in [2.75, 3.05) is 0 Å². The van der Waals surface area contributed by atoms with E-state index in [4.69, 9.17) is 9.72 Å². The number of benzene rings is 1. The third kappa shape index (κ3) is 4.51. The number of ether oxygens (including phenoxy) is 1. The Hall–Kier alpha value is -1.84. The Morgan fingerprint density at radius 2 is 1.93 bits per heavy atom. The van der Waals surface area contributed by atoms with Crippen LogP contribution < -0.4 is 0 Å². The number of aromatic nitrogens is 2. The van der Waals surface area contributed by atoms with Gasteiger partial charge in [-0.25, -0.2) is 9.78 Å². The first-order valence-electron chi connectivity index (χ1n) is 11.3. The average molecular weight is 399 g/mol. The SMILES string of the molecule is CCc1nc2ccccc2n1[C@@H](C(=O)OC1C[C@H](C)CC[C@H]1C(C)C)C(C)(C)C. The summed E-state index contributed by atoms with van der Waals surface area (Å²) in [5, 5.41) is 0. The number of rotatable bonds is 5. The monoisotopic (exact) mass is 398 g/mol. The van der Waals surface area contributed by atoms with Crippen LogP contribution in [0.4, 0.5) is 0 Å². The van der Waals surface area contributed by atoms with Crippen molar-refractivity contribution in [3.63, 3.8) is 0 Å². The first-order chi connectivity index (χ1) is 13.6. The minimum atomic E-state index is -0.394. The molecule has 1 aliphatic carbocycles. The van der Waals surface area contributed by atoms with Crippen LogP contribution in [-0.2, 0) is 16.0 Å². The number of nitrogens with zero attached hydrogens (tertiary/aromatic N) is 2. The lowest BCUT2D eigenvalue weighted by atomic mass is 9.75. The molecule has 160 valence electrons. The molecular weight excluding hydrogens is 360 g/mol. The molecule has 0 saturated heterocycles. The normalized spacial score (nSPS) is 24.1. The van der Waals surface area contributed by atoms with E-state index in [2.05, 4.69) is 59.1 Å². The molecule has 1 aliphatic rings. The van der Waals surface area contributed by atoms with Crippen molar-refractivity contribution in [2.24, 2.45) is 23.2 Å². The van der Waals surface area contributed by atoms with Gasteiger partial charge in [-0.3, -0.25) is 0 Å². The van der Waals surface area contributed by atoms with Gasteiger partial charge in [0.25, 0.3) is 0 Å². The molecule has 0 spiro atoms. The molecule has 0 radical (unpaired) electrons. The van der Waals surface area contributed by atoms with Crippen molar-refractivity contribution in [1.29, 1.82) is 0 Å². The molecule has 1 saturated carbocycles. The Bertz CT molecular complexity index is 846. The lowest BCUT2D eigenvalue weighted by molar-refractivity contribution is -0.163. The fraction of sp³-hybridized carbons (Fsp3) is 0.680. The van der Waals surface area contributed by atoms with Gasteiger partial charge in [-0.1, -0.05) is 67.0 Å². The quantitative estimate of drug-likeness (QED) is 0.564. The maximum atomic E-state index is 13.7. The van der Waals surface area contributed by atoms with E-state index in [0.29, 0.717) is 17.8 Å². The smallest absolute Gasteiger partial charge is 0.330 e. The van der Waals surface area contributed by atoms with E-state index in [1.54, 1.807) is 0 Å². The summed E-state index contributed by atoms with van der Waals surface area (Å²) in [5.41, 5.74) is 1.68. The fourth-order valence-electron chi connectivity index (χ4n) is 4.94. The summed E-state index contributed by atoms with van der Waals surface area (Å²) in [5.74, 6) is 2.41. The number of hydrogen-bond acceptors (Lipinski definition) is 3. The van der Waals surface area contributed by atoms with Gasteiger partial charge in [-0.05, 0) is 48.1 Å². The predicted molar refractivity (Wildman–Crippen MR) is 119 cm³/mol. The van der Waals surface area contributed by atoms with Gasteiger partial charge in [0.1, 0.15) is 18.0 Å². The highest BCUT2D eigenvalue weighted by Crippen LogP contribution is 2.39. The lowest BCUT2D eigenvalue weighted by Crippen LogP contribution is -2.40. The molecule has 29 heavy (non-hydrogen) atoms. The minimum Gasteiger partial charge on any atom is -0.461 e. The predicted octanol–water partition coefficient (Wildman–Crippen LogP) is 6.19. The molecule has 4 atom stereocenters. The summed E-state index contributed by atoms with van der Waals surface area (Å²) in [7, 11) is 0. The van der Waals surface area contributed by atoms with E-state index in [0.717, 1.165) is 36.1 Å². The van der Waals surface area contributed by atoms with Gasteiger partial charge in [0.05, 0.1) is 11.0 Å². The van der Waals surface area contributed by atoms with Crippen LogP contribution in [0.5, 0.6) is 0 Å². The molecule has 1 fully saturated rings. The van der Waals surface area contributed by atoms with Crippen molar-refractivity contribution in [1.82, 2.24) is 9.55 Å². The first-order valence-corrected chi connectivity index (χ1v) is 11.3. The molecule has 0 N–H and O–H groups in total. The zero-order valence-electron chi connectivity index (χ0n) is 19.2. The third-order valence-corrected chi connectivity index (χ3v) is 6.52. The maximum Gasteiger partial charge on any atom is 0.330 e. The van der Waals surface area contributed by atoms with Crippen molar-refractivity contribution >= 4 is 17.0 Å². The van der Waals surface area contributed by atoms with E-state index in [-0.39, 0.29) is 17.5 Å². The van der Waals surface area contributed by atoms with Crippen LogP contribution in [-0.4, -0.2) is 21.6 Å². The van der Waals surface area contributed by atoms with Crippen LogP contribution in [0.25, 0.3) is 11.0 Å². The van der Waals surface area contributed by atoms with Crippen LogP contribution >= 0.6 is 0 Å². The number of carbonyl (C=O) groups is 1. The van der Waals surface area contributed by atoms with Crippen LogP contribution in [0.1, 0.15) is 79.6 Å². The summed E-state index contributed by atoms with van der Waals surface area (Å²) >= 11 is 0. The van der Waals surface area contributed by atoms with E-state index >= 15 is 0 Å². The molecule has 2 aromatic rings. The largest absolute Gasteiger partial charge is 0.461 e. The first kappa shape index (κ1) is 21.9. The summed E-state index contributed by atoms with van der Waals surface area (Å²) < 4.78 is 8.44. The molecule has 0 bridgehead atoms. The Balaban J connectivity index is 1.99. The highest BCUT2D eigenvalue weighted by Gasteiger charge is 2.40. The number of fused-ring (bicyclic) bond motifs is 1. The van der Waals surface area contributed by atoms with Gasteiger partial charge < -0.3 is 9.30 Å². The van der Waals surface area contributed by atoms with E-state index in [9.17, 15) is 4.79 Å². The van der Waals surface area contributed by atoms with Gasteiger partial charge in [-0.15, -0.1) is 0 Å². The summed E-state index contributed by atoms with van der Waals surface area (Å²) in [6.07, 6.45) is 4.13. The molecular formula is C25H38N2O2. The molecule has 1 aromatic carbocycles. The maximum absolute atomic E-state index is 13.7. The zero-order chi connectivity index (χ0) is 21.3. The Kier molecular flexibility index (Phi) is 6.40. The minimum absolute atomic E-state index is 0.0102. The van der Waals surface area contributed by atoms with Crippen LogP contribution in [0.15, 0.2) is 24.3 Å². The molecule has 0 aliphatic heterocycles. The fourth-order valence-corrected chi connectivity index (χ4v) is 4.94. The summed E-state index contributed by atoms with van der Waals surface area (Å²) in [6.45, 7) is 15.2. The second-order valence-electron chi connectivity index (χ2n) is 10.3. The number of esters is 1. The van der Waals surface area contributed by atoms with Gasteiger partial charge in [0.15, 0.2) is 0 Å². The number of aryl methyl sites for hydroxylation is 1. The molecule has 1 unspecified atom stereocenters. The molecule has 1 aromatic heterocycles. The van der Waals surface area contributed by atoms with E-state index < -0.39 is 6.04 Å². The lowest BCUT2D eigenvalue weighted by Gasteiger charge is -2.39. The topological polar surface area (TPSA) is 44.1 Å². The van der Waals surface area contributed by atoms with E-state index in [1.165, 1.54) is 6.42 Å². The number of carbonyl (C=O) groups excluding carboxylic acids is 1. The molecule has 0 amide bonds. The van der Waals surface area contributed by atoms with Gasteiger partial charge in [-0.2, -0.15) is 0 Å². The number of hydrogen-bond donors (Lipinski definition) is 0. The molecule has 3 rings (SSSR count). The zero-order valence-corrected chi connectivity index (χ0v) is 19.2. The van der Waals surface area contributed by atoms with Crippen molar-refractivity contribution in [3.05, 3.63) is 30.1 Å². The third-order valence-electron chi connectivity index (χ3n) is 6.52. The second kappa shape index (κ2) is 8.49. The van der Waals surface area contributed by atoms with Crippen molar-refractivity contribution < 1.29 is 9.53 Å². The highest BCUT2D eigenvalue weighted by molar-refractivity contribution is 5.82. The summed E-state index contributed by atoms with van der Waals surface area (Å²) in [6, 6.07) is 7.71. The highest BCUT2D eigenvalue weighted by atomic mass is 16.5. The Labute approximate surface area is 176 Å². The second-order valence-corrected chi connectivity index (χ2v) is 10.3. The number of para-hydroxylation sites is 2. The van der Waals surface area contributed by atoms with E-state index in [1.807, 2.05) is 18.2 Å². The molecule has 4 nitrogen and oxygen atoms in total. The average Bonchev–Trinajstić information content (AvgIpc) is 2.99. The van der Waals surface area contributed by atoms with Gasteiger partial charge >= 0.3 is 5.97 Å². The standard InChI is InChI=1S/C25H38N2O2/c1-8-22-26-19-11-9-10-12-20(19)27(22)23(25(5,6)7)24(28)29-21-15-17(4)13-14-18(21)16(2)3/h9-12,16-18,21,23H,8,13-15H2,1-7H3/t17-,18+,21?,23+/m1/s1. The van der Waals surface area contributed by atoms with Gasteiger partial charge in [0.2, 0.25) is 0 Å².